The molecule has 0 saturated heterocycles. The van der Waals surface area contributed by atoms with Crippen molar-refractivity contribution in [1.29, 1.82) is 5.26 Å². The zero-order chi connectivity index (χ0) is 21.3. The number of ether oxygens (including phenoxy) is 1. The van der Waals surface area contributed by atoms with E-state index in [-0.39, 0.29) is 23.5 Å². The number of hydrogen-bond donors (Lipinski definition) is 0. The monoisotopic (exact) mass is 421 g/mol. The van der Waals surface area contributed by atoms with Crippen LogP contribution in [-0.4, -0.2) is 29.8 Å². The summed E-state index contributed by atoms with van der Waals surface area (Å²) in [6, 6.07) is 14.0. The SMILES string of the molecule is COc1ccc2nc(SCC(=O)N3c4ccc(F)cc4CC[C@H]3C)c(C#N)cc2c1. The number of aromatic nitrogens is 1. The lowest BCUT2D eigenvalue weighted by molar-refractivity contribution is -0.116. The van der Waals surface area contributed by atoms with Crippen LogP contribution < -0.4 is 9.64 Å². The van der Waals surface area contributed by atoms with Crippen molar-refractivity contribution in [2.45, 2.75) is 30.8 Å². The van der Waals surface area contributed by atoms with E-state index in [9.17, 15) is 14.4 Å². The minimum Gasteiger partial charge on any atom is -0.497 e. The van der Waals surface area contributed by atoms with Crippen LogP contribution >= 0.6 is 11.8 Å². The number of carbonyl (C=O) groups is 1. The van der Waals surface area contributed by atoms with E-state index in [0.29, 0.717) is 16.3 Å². The molecule has 0 radical (unpaired) electrons. The van der Waals surface area contributed by atoms with Gasteiger partial charge >= 0.3 is 0 Å². The molecule has 1 aromatic heterocycles. The predicted octanol–water partition coefficient (Wildman–Crippen LogP) is 4.71. The molecule has 7 heteroatoms. The molecular formula is C23H20FN3O2S. The molecule has 0 fully saturated rings. The van der Waals surface area contributed by atoms with Gasteiger partial charge in [-0.25, -0.2) is 9.37 Å². The normalized spacial score (nSPS) is 15.5. The summed E-state index contributed by atoms with van der Waals surface area (Å²) in [6.45, 7) is 2.00. The summed E-state index contributed by atoms with van der Waals surface area (Å²) in [6.07, 6.45) is 1.53. The summed E-state index contributed by atoms with van der Waals surface area (Å²) in [5.41, 5.74) is 2.77. The van der Waals surface area contributed by atoms with Crippen molar-refractivity contribution in [2.75, 3.05) is 17.8 Å². The van der Waals surface area contributed by atoms with Gasteiger partial charge in [-0.3, -0.25) is 4.79 Å². The zero-order valence-electron chi connectivity index (χ0n) is 16.7. The maximum atomic E-state index is 13.6. The number of nitrogens with zero attached hydrogens (tertiary/aromatic N) is 3. The standard InChI is InChI=1S/C23H20FN3O2S/c1-14-3-4-15-10-18(24)5-8-21(15)27(14)22(28)13-30-23-17(12-25)9-16-11-19(29-2)6-7-20(16)26-23/h5-11,14H,3-4,13H2,1-2H3/t14-/m1/s1. The van der Waals surface area contributed by atoms with Crippen LogP contribution in [0.15, 0.2) is 47.5 Å². The van der Waals surface area contributed by atoms with E-state index in [1.54, 1.807) is 24.1 Å². The summed E-state index contributed by atoms with van der Waals surface area (Å²) in [5, 5.41) is 10.9. The highest BCUT2D eigenvalue weighted by Gasteiger charge is 2.28. The molecule has 2 heterocycles. The van der Waals surface area contributed by atoms with Crippen molar-refractivity contribution in [3.63, 3.8) is 0 Å². The third-order valence-corrected chi connectivity index (χ3v) is 6.26. The van der Waals surface area contributed by atoms with Gasteiger partial charge in [0.15, 0.2) is 0 Å². The van der Waals surface area contributed by atoms with Gasteiger partial charge in [-0.15, -0.1) is 0 Å². The molecule has 1 aliphatic heterocycles. The lowest BCUT2D eigenvalue weighted by Gasteiger charge is -2.35. The second-order valence-electron chi connectivity index (χ2n) is 7.22. The number of halogens is 1. The molecule has 0 spiro atoms. The number of aryl methyl sites for hydroxylation is 1. The number of fused-ring (bicyclic) bond motifs is 2. The Balaban J connectivity index is 1.58. The quantitative estimate of drug-likeness (QED) is 0.571. The molecule has 0 bridgehead atoms. The molecule has 5 nitrogen and oxygen atoms in total. The fourth-order valence-corrected chi connectivity index (χ4v) is 4.58. The Morgan fingerprint density at radius 2 is 2.17 bits per heavy atom. The minimum atomic E-state index is -0.291. The maximum Gasteiger partial charge on any atom is 0.237 e. The molecule has 0 unspecified atom stereocenters. The van der Waals surface area contributed by atoms with Crippen molar-refractivity contribution in [1.82, 2.24) is 4.98 Å². The van der Waals surface area contributed by atoms with E-state index in [2.05, 4.69) is 11.1 Å². The van der Waals surface area contributed by atoms with Gasteiger partial charge in [0.1, 0.15) is 22.7 Å². The van der Waals surface area contributed by atoms with Crippen molar-refractivity contribution < 1.29 is 13.9 Å². The average Bonchev–Trinajstić information content (AvgIpc) is 2.76. The Morgan fingerprint density at radius 3 is 2.93 bits per heavy atom. The summed E-state index contributed by atoms with van der Waals surface area (Å²) < 4.78 is 18.8. The van der Waals surface area contributed by atoms with Crippen LogP contribution in [0.25, 0.3) is 10.9 Å². The zero-order valence-corrected chi connectivity index (χ0v) is 17.5. The van der Waals surface area contributed by atoms with Gasteiger partial charge < -0.3 is 9.64 Å². The smallest absolute Gasteiger partial charge is 0.237 e. The van der Waals surface area contributed by atoms with Crippen LogP contribution in [0.1, 0.15) is 24.5 Å². The summed E-state index contributed by atoms with van der Waals surface area (Å²) in [7, 11) is 1.59. The molecule has 3 aromatic rings. The largest absolute Gasteiger partial charge is 0.497 e. The predicted molar refractivity (Wildman–Crippen MR) is 115 cm³/mol. The number of carbonyl (C=O) groups excluding carboxylic acids is 1. The lowest BCUT2D eigenvalue weighted by Crippen LogP contribution is -2.43. The highest BCUT2D eigenvalue weighted by Crippen LogP contribution is 2.33. The topological polar surface area (TPSA) is 66.2 Å². The third kappa shape index (κ3) is 3.83. The van der Waals surface area contributed by atoms with E-state index in [0.717, 1.165) is 35.0 Å². The van der Waals surface area contributed by atoms with Crippen LogP contribution in [-0.2, 0) is 11.2 Å². The Kier molecular flexibility index (Phi) is 5.60. The first kappa shape index (κ1) is 20.2. The Labute approximate surface area is 178 Å². The number of hydrogen-bond acceptors (Lipinski definition) is 5. The van der Waals surface area contributed by atoms with Crippen LogP contribution in [0.4, 0.5) is 10.1 Å². The van der Waals surface area contributed by atoms with Gasteiger partial charge in [0.05, 0.1) is 23.9 Å². The molecule has 152 valence electrons. The second kappa shape index (κ2) is 8.33. The molecule has 0 aliphatic carbocycles. The molecular weight excluding hydrogens is 401 g/mol. The highest BCUT2D eigenvalue weighted by atomic mass is 32.2. The number of benzene rings is 2. The summed E-state index contributed by atoms with van der Waals surface area (Å²) in [5.74, 6) is 0.462. The number of anilines is 1. The summed E-state index contributed by atoms with van der Waals surface area (Å²) >= 11 is 1.25. The molecule has 0 N–H and O–H groups in total. The van der Waals surface area contributed by atoms with Crippen molar-refractivity contribution >= 4 is 34.3 Å². The van der Waals surface area contributed by atoms with Crippen molar-refractivity contribution in [3.05, 3.63) is 59.4 Å². The van der Waals surface area contributed by atoms with Crippen LogP contribution in [0.2, 0.25) is 0 Å². The van der Waals surface area contributed by atoms with E-state index >= 15 is 0 Å². The van der Waals surface area contributed by atoms with Crippen LogP contribution in [0.5, 0.6) is 5.75 Å². The van der Waals surface area contributed by atoms with Gasteiger partial charge in [0.25, 0.3) is 0 Å². The molecule has 2 aromatic carbocycles. The Bertz CT molecular complexity index is 1180. The van der Waals surface area contributed by atoms with Gasteiger partial charge in [-0.05, 0) is 67.8 Å². The first-order chi connectivity index (χ1) is 14.5. The third-order valence-electron chi connectivity index (χ3n) is 5.28. The van der Waals surface area contributed by atoms with Gasteiger partial charge in [-0.2, -0.15) is 5.26 Å². The van der Waals surface area contributed by atoms with E-state index < -0.39 is 0 Å². The fraction of sp³-hybridized carbons (Fsp3) is 0.261. The van der Waals surface area contributed by atoms with E-state index in [4.69, 9.17) is 4.74 Å². The van der Waals surface area contributed by atoms with Crippen molar-refractivity contribution in [3.8, 4) is 11.8 Å². The van der Waals surface area contributed by atoms with Gasteiger partial charge in [0, 0.05) is 17.1 Å². The molecule has 1 amide bonds. The first-order valence-corrected chi connectivity index (χ1v) is 10.6. The number of methoxy groups -OCH3 is 1. The molecule has 1 aliphatic rings. The average molecular weight is 421 g/mol. The van der Waals surface area contributed by atoms with E-state index in [1.165, 1.54) is 23.9 Å². The molecule has 0 saturated carbocycles. The molecule has 4 rings (SSSR count). The van der Waals surface area contributed by atoms with Crippen molar-refractivity contribution in [2.24, 2.45) is 0 Å². The van der Waals surface area contributed by atoms with Crippen LogP contribution in [0, 0.1) is 17.1 Å². The van der Waals surface area contributed by atoms with Gasteiger partial charge in [0.2, 0.25) is 5.91 Å². The first-order valence-electron chi connectivity index (χ1n) is 9.62. The number of rotatable bonds is 4. The lowest BCUT2D eigenvalue weighted by atomic mass is 9.96. The number of nitriles is 1. The Hall–Kier alpha value is -3.11. The Morgan fingerprint density at radius 1 is 1.33 bits per heavy atom. The highest BCUT2D eigenvalue weighted by molar-refractivity contribution is 8.00. The van der Waals surface area contributed by atoms with Gasteiger partial charge in [-0.1, -0.05) is 11.8 Å². The van der Waals surface area contributed by atoms with E-state index in [1.807, 2.05) is 25.1 Å². The second-order valence-corrected chi connectivity index (χ2v) is 8.19. The number of amides is 1. The molecule has 1 atom stereocenters. The fourth-order valence-electron chi connectivity index (χ4n) is 3.75. The molecule has 30 heavy (non-hydrogen) atoms. The number of pyridine rings is 1. The van der Waals surface area contributed by atoms with Crippen LogP contribution in [0.3, 0.4) is 0 Å². The summed E-state index contributed by atoms with van der Waals surface area (Å²) in [4.78, 5) is 19.4. The number of thioether (sulfide) groups is 1. The minimum absolute atomic E-state index is 0.0310. The maximum absolute atomic E-state index is 13.6.